The SMILES string of the molecule is O=C(NC1c2ccccc2-c2c(-c3cccc4cnccc34)cccc21)c1ccnc2[nH]ccc12. The zero-order valence-electron chi connectivity index (χ0n) is 18.7. The van der Waals surface area contributed by atoms with Crippen LogP contribution >= 0.6 is 0 Å². The molecule has 2 N–H and O–H groups in total. The standard InChI is InChI=1S/C30H20N4O/c35-30(25-13-16-33-29-24(25)12-15-32-29)34-28-23-7-2-1-6-22(23)27-21(9-4-10-26(27)28)20-8-3-5-18-17-31-14-11-19(18)20/h1-17,28H,(H,32,33)(H,34,35). The van der Waals surface area contributed by atoms with Gasteiger partial charge in [0, 0.05) is 35.6 Å². The molecule has 5 heteroatoms. The van der Waals surface area contributed by atoms with Gasteiger partial charge in [-0.2, -0.15) is 0 Å². The van der Waals surface area contributed by atoms with Crippen molar-refractivity contribution in [3.63, 3.8) is 0 Å². The lowest BCUT2D eigenvalue weighted by Gasteiger charge is -2.17. The van der Waals surface area contributed by atoms with Crippen molar-refractivity contribution in [2.75, 3.05) is 0 Å². The van der Waals surface area contributed by atoms with E-state index < -0.39 is 0 Å². The normalized spacial score (nSPS) is 14.1. The first-order chi connectivity index (χ1) is 17.3. The minimum atomic E-state index is -0.243. The van der Waals surface area contributed by atoms with E-state index in [9.17, 15) is 4.79 Å². The van der Waals surface area contributed by atoms with E-state index in [1.807, 2.05) is 24.5 Å². The third kappa shape index (κ3) is 2.98. The average Bonchev–Trinajstić information content (AvgIpc) is 3.51. The number of aromatic amines is 1. The summed E-state index contributed by atoms with van der Waals surface area (Å²) in [7, 11) is 0. The summed E-state index contributed by atoms with van der Waals surface area (Å²) in [6, 6.07) is 26.5. The van der Waals surface area contributed by atoms with Gasteiger partial charge in [0.25, 0.3) is 5.91 Å². The van der Waals surface area contributed by atoms with Crippen LogP contribution in [0.25, 0.3) is 44.1 Å². The van der Waals surface area contributed by atoms with Crippen molar-refractivity contribution in [3.05, 3.63) is 120 Å². The Bertz CT molecular complexity index is 1760. The monoisotopic (exact) mass is 452 g/mol. The highest BCUT2D eigenvalue weighted by Gasteiger charge is 2.32. The van der Waals surface area contributed by atoms with Gasteiger partial charge in [-0.05, 0) is 57.0 Å². The molecule has 3 heterocycles. The largest absolute Gasteiger partial charge is 0.346 e. The van der Waals surface area contributed by atoms with Crippen molar-refractivity contribution < 1.29 is 4.79 Å². The van der Waals surface area contributed by atoms with Gasteiger partial charge in [-0.3, -0.25) is 9.78 Å². The summed E-state index contributed by atoms with van der Waals surface area (Å²) in [4.78, 5) is 25.2. The third-order valence-corrected chi connectivity index (χ3v) is 6.90. The molecule has 0 bridgehead atoms. The number of pyridine rings is 2. The number of hydrogen-bond acceptors (Lipinski definition) is 3. The zero-order chi connectivity index (χ0) is 23.4. The van der Waals surface area contributed by atoms with Gasteiger partial charge in [-0.15, -0.1) is 0 Å². The Hall–Kier alpha value is -4.77. The van der Waals surface area contributed by atoms with E-state index in [0.717, 1.165) is 44.0 Å². The molecule has 7 rings (SSSR count). The number of aromatic nitrogens is 3. The number of H-pyrrole nitrogens is 1. The molecule has 1 unspecified atom stereocenters. The fraction of sp³-hybridized carbons (Fsp3) is 0.0333. The molecule has 1 aliphatic rings. The summed E-state index contributed by atoms with van der Waals surface area (Å²) < 4.78 is 0. The van der Waals surface area contributed by atoms with Crippen LogP contribution in [0.5, 0.6) is 0 Å². The lowest BCUT2D eigenvalue weighted by atomic mass is 9.91. The van der Waals surface area contributed by atoms with E-state index in [-0.39, 0.29) is 11.9 Å². The first-order valence-electron chi connectivity index (χ1n) is 11.6. The first-order valence-corrected chi connectivity index (χ1v) is 11.6. The molecule has 0 fully saturated rings. The molecule has 1 amide bonds. The smallest absolute Gasteiger partial charge is 0.252 e. The molecule has 0 aliphatic heterocycles. The Labute approximate surface area is 201 Å². The van der Waals surface area contributed by atoms with Gasteiger partial charge in [0.05, 0.1) is 11.6 Å². The summed E-state index contributed by atoms with van der Waals surface area (Å²) in [5.41, 5.74) is 8.15. The fourth-order valence-electron chi connectivity index (χ4n) is 5.36. The maximum absolute atomic E-state index is 13.5. The van der Waals surface area contributed by atoms with E-state index in [0.29, 0.717) is 11.2 Å². The molecule has 0 radical (unpaired) electrons. The number of nitrogens with one attached hydrogen (secondary N) is 2. The summed E-state index contributed by atoms with van der Waals surface area (Å²) >= 11 is 0. The maximum atomic E-state index is 13.5. The summed E-state index contributed by atoms with van der Waals surface area (Å²) in [6.07, 6.45) is 7.20. The van der Waals surface area contributed by atoms with Gasteiger partial charge in [-0.25, -0.2) is 4.98 Å². The van der Waals surface area contributed by atoms with Gasteiger partial charge in [0.2, 0.25) is 0 Å². The van der Waals surface area contributed by atoms with Crippen molar-refractivity contribution in [3.8, 4) is 22.3 Å². The lowest BCUT2D eigenvalue weighted by Crippen LogP contribution is -2.28. The molecule has 3 aromatic heterocycles. The Morgan fingerprint density at radius 1 is 0.771 bits per heavy atom. The van der Waals surface area contributed by atoms with Crippen LogP contribution in [0, 0.1) is 0 Å². The lowest BCUT2D eigenvalue weighted by molar-refractivity contribution is 0.0945. The third-order valence-electron chi connectivity index (χ3n) is 6.90. The van der Waals surface area contributed by atoms with Crippen molar-refractivity contribution in [1.82, 2.24) is 20.3 Å². The zero-order valence-corrected chi connectivity index (χ0v) is 18.7. The van der Waals surface area contributed by atoms with Crippen LogP contribution in [0.1, 0.15) is 27.5 Å². The quantitative estimate of drug-likeness (QED) is 0.332. The maximum Gasteiger partial charge on any atom is 0.252 e. The number of fused-ring (bicyclic) bond motifs is 5. The molecule has 0 spiro atoms. The summed E-state index contributed by atoms with van der Waals surface area (Å²) in [5.74, 6) is -0.119. The number of carbonyl (C=O) groups excluding carboxylic acids is 1. The van der Waals surface area contributed by atoms with Crippen molar-refractivity contribution in [1.29, 1.82) is 0 Å². The molecule has 166 valence electrons. The van der Waals surface area contributed by atoms with Crippen molar-refractivity contribution in [2.45, 2.75) is 6.04 Å². The number of amides is 1. The van der Waals surface area contributed by atoms with E-state index in [4.69, 9.17) is 0 Å². The van der Waals surface area contributed by atoms with E-state index in [2.05, 4.69) is 80.9 Å². The highest BCUT2D eigenvalue weighted by molar-refractivity contribution is 6.07. The molecular formula is C30H20N4O. The topological polar surface area (TPSA) is 70.7 Å². The molecule has 35 heavy (non-hydrogen) atoms. The number of hydrogen-bond donors (Lipinski definition) is 2. The molecule has 3 aromatic carbocycles. The van der Waals surface area contributed by atoms with E-state index in [1.165, 1.54) is 5.56 Å². The van der Waals surface area contributed by atoms with E-state index in [1.54, 1.807) is 18.5 Å². The second-order valence-electron chi connectivity index (χ2n) is 8.76. The minimum Gasteiger partial charge on any atom is -0.346 e. The van der Waals surface area contributed by atoms with Gasteiger partial charge >= 0.3 is 0 Å². The van der Waals surface area contributed by atoms with Crippen LogP contribution in [-0.4, -0.2) is 20.9 Å². The molecule has 1 atom stereocenters. The van der Waals surface area contributed by atoms with Gasteiger partial charge in [0.15, 0.2) is 0 Å². The van der Waals surface area contributed by atoms with Crippen molar-refractivity contribution >= 4 is 27.7 Å². The van der Waals surface area contributed by atoms with Crippen LogP contribution in [0.15, 0.2) is 104 Å². The Morgan fingerprint density at radius 3 is 2.57 bits per heavy atom. The molecule has 0 saturated heterocycles. The minimum absolute atomic E-state index is 0.119. The number of benzene rings is 3. The van der Waals surface area contributed by atoms with Gasteiger partial charge in [0.1, 0.15) is 5.65 Å². The number of nitrogens with zero attached hydrogens (tertiary/aromatic N) is 2. The van der Waals surface area contributed by atoms with Crippen LogP contribution in [-0.2, 0) is 0 Å². The summed E-state index contributed by atoms with van der Waals surface area (Å²) in [5, 5.41) is 6.39. The van der Waals surface area contributed by atoms with Crippen LogP contribution in [0.4, 0.5) is 0 Å². The predicted molar refractivity (Wildman–Crippen MR) is 138 cm³/mol. The van der Waals surface area contributed by atoms with Crippen molar-refractivity contribution in [2.24, 2.45) is 0 Å². The first kappa shape index (κ1) is 19.7. The Morgan fingerprint density at radius 2 is 1.60 bits per heavy atom. The highest BCUT2D eigenvalue weighted by Crippen LogP contribution is 2.48. The number of carbonyl (C=O) groups is 1. The van der Waals surface area contributed by atoms with Gasteiger partial charge in [-0.1, -0.05) is 60.7 Å². The molecular weight excluding hydrogens is 432 g/mol. The second kappa shape index (κ2) is 7.64. The number of rotatable bonds is 3. The fourth-order valence-corrected chi connectivity index (χ4v) is 5.36. The average molecular weight is 453 g/mol. The Kier molecular flexibility index (Phi) is 4.29. The predicted octanol–water partition coefficient (Wildman–Crippen LogP) is 6.28. The molecule has 6 aromatic rings. The molecule has 0 saturated carbocycles. The summed E-state index contributed by atoms with van der Waals surface area (Å²) in [6.45, 7) is 0. The van der Waals surface area contributed by atoms with Gasteiger partial charge < -0.3 is 10.3 Å². The highest BCUT2D eigenvalue weighted by atomic mass is 16.1. The van der Waals surface area contributed by atoms with Crippen LogP contribution < -0.4 is 5.32 Å². The van der Waals surface area contributed by atoms with E-state index >= 15 is 0 Å². The van der Waals surface area contributed by atoms with Crippen LogP contribution in [0.2, 0.25) is 0 Å². The molecule has 1 aliphatic carbocycles. The van der Waals surface area contributed by atoms with Crippen LogP contribution in [0.3, 0.4) is 0 Å². The second-order valence-corrected chi connectivity index (χ2v) is 8.76. The Balaban J connectivity index is 1.39. The molecule has 5 nitrogen and oxygen atoms in total.